The summed E-state index contributed by atoms with van der Waals surface area (Å²) in [7, 11) is -1.83. The molecule has 0 atom stereocenters. The molecule has 0 aliphatic rings. The number of hydrogen-bond acceptors (Lipinski definition) is 4. The highest BCUT2D eigenvalue weighted by Gasteiger charge is 2.17. The minimum absolute atomic E-state index is 0.0143. The number of methoxy groups -OCH3 is 1. The first-order valence-corrected chi connectivity index (χ1v) is 8.12. The van der Waals surface area contributed by atoms with Crippen LogP contribution in [-0.4, -0.2) is 39.4 Å². The van der Waals surface area contributed by atoms with Gasteiger partial charge in [-0.1, -0.05) is 31.2 Å². The Labute approximate surface area is 114 Å². The molecule has 0 unspecified atom stereocenters. The number of benzene rings is 1. The molecule has 0 aromatic heterocycles. The molecule has 5 heteroatoms. The molecular weight excluding hydrogens is 264 g/mol. The average molecular weight is 284 g/mol. The summed E-state index contributed by atoms with van der Waals surface area (Å²) in [4.78, 5) is 11.9. The molecule has 0 bridgehead atoms. The van der Waals surface area contributed by atoms with E-state index in [0.29, 0.717) is 18.6 Å². The summed E-state index contributed by atoms with van der Waals surface area (Å²) in [5, 5.41) is 0. The molecule has 0 N–H and O–H groups in total. The minimum Gasteiger partial charge on any atom is -0.385 e. The second kappa shape index (κ2) is 7.40. The highest BCUT2D eigenvalue weighted by atomic mass is 32.2. The van der Waals surface area contributed by atoms with Crippen molar-refractivity contribution < 1.29 is 17.9 Å². The van der Waals surface area contributed by atoms with Crippen molar-refractivity contribution in [1.82, 2.24) is 0 Å². The van der Waals surface area contributed by atoms with Gasteiger partial charge in [-0.05, 0) is 18.4 Å². The van der Waals surface area contributed by atoms with Gasteiger partial charge in [0.25, 0.3) is 0 Å². The standard InChI is InChI=1S/C14H20O4S/c1-3-12-5-7-13(8-6-12)14(15)11-19(16,17)10-4-9-18-2/h5-8H,3-4,9-11H2,1-2H3. The van der Waals surface area contributed by atoms with Crippen LogP contribution in [0.4, 0.5) is 0 Å². The lowest BCUT2D eigenvalue weighted by Crippen LogP contribution is -2.19. The normalized spacial score (nSPS) is 11.5. The molecule has 0 saturated carbocycles. The van der Waals surface area contributed by atoms with Crippen LogP contribution in [0.5, 0.6) is 0 Å². The topological polar surface area (TPSA) is 60.4 Å². The van der Waals surface area contributed by atoms with E-state index in [9.17, 15) is 13.2 Å². The Morgan fingerprint density at radius 3 is 2.37 bits per heavy atom. The van der Waals surface area contributed by atoms with Gasteiger partial charge in [-0.3, -0.25) is 4.79 Å². The number of carbonyl (C=O) groups excluding carboxylic acids is 1. The van der Waals surface area contributed by atoms with Crippen LogP contribution in [0.2, 0.25) is 0 Å². The SMILES string of the molecule is CCc1ccc(C(=O)CS(=O)(=O)CCCOC)cc1. The van der Waals surface area contributed by atoms with Crippen molar-refractivity contribution in [2.45, 2.75) is 19.8 Å². The molecule has 4 nitrogen and oxygen atoms in total. The second-order valence-electron chi connectivity index (χ2n) is 4.41. The zero-order valence-electron chi connectivity index (χ0n) is 11.4. The zero-order chi connectivity index (χ0) is 14.3. The molecule has 1 rings (SSSR count). The third-order valence-corrected chi connectivity index (χ3v) is 4.45. The van der Waals surface area contributed by atoms with Gasteiger partial charge in [0.2, 0.25) is 0 Å². The molecule has 0 spiro atoms. The van der Waals surface area contributed by atoms with Crippen LogP contribution < -0.4 is 0 Å². The average Bonchev–Trinajstić information content (AvgIpc) is 2.38. The zero-order valence-corrected chi connectivity index (χ0v) is 12.2. The van der Waals surface area contributed by atoms with Gasteiger partial charge >= 0.3 is 0 Å². The first-order chi connectivity index (χ1) is 8.98. The summed E-state index contributed by atoms with van der Waals surface area (Å²) in [5.74, 6) is -0.790. The Morgan fingerprint density at radius 2 is 1.84 bits per heavy atom. The predicted molar refractivity (Wildman–Crippen MR) is 75.3 cm³/mol. The Balaban J connectivity index is 2.62. The van der Waals surface area contributed by atoms with Gasteiger partial charge in [-0.25, -0.2) is 8.42 Å². The summed E-state index contributed by atoms with van der Waals surface area (Å²) in [6.45, 7) is 2.41. The molecule has 0 saturated heterocycles. The second-order valence-corrected chi connectivity index (χ2v) is 6.60. The smallest absolute Gasteiger partial charge is 0.177 e. The maximum atomic E-state index is 11.9. The van der Waals surface area contributed by atoms with E-state index in [-0.39, 0.29) is 11.5 Å². The first kappa shape index (κ1) is 15.9. The molecule has 0 heterocycles. The van der Waals surface area contributed by atoms with Crippen LogP contribution in [0, 0.1) is 0 Å². The van der Waals surface area contributed by atoms with Gasteiger partial charge in [0.05, 0.1) is 5.75 Å². The van der Waals surface area contributed by atoms with E-state index >= 15 is 0 Å². The summed E-state index contributed by atoms with van der Waals surface area (Å²) >= 11 is 0. The molecule has 0 aliphatic carbocycles. The van der Waals surface area contributed by atoms with E-state index in [0.717, 1.165) is 12.0 Å². The molecule has 106 valence electrons. The van der Waals surface area contributed by atoms with Crippen LogP contribution in [0.1, 0.15) is 29.3 Å². The van der Waals surface area contributed by atoms with Crippen LogP contribution in [-0.2, 0) is 21.0 Å². The Bertz CT molecular complexity index is 503. The largest absolute Gasteiger partial charge is 0.385 e. The van der Waals surface area contributed by atoms with Gasteiger partial charge in [-0.2, -0.15) is 0 Å². The third kappa shape index (κ3) is 5.53. The lowest BCUT2D eigenvalue weighted by molar-refractivity contribution is 0.102. The maximum Gasteiger partial charge on any atom is 0.177 e. The lowest BCUT2D eigenvalue weighted by Gasteiger charge is -2.04. The molecule has 1 aromatic rings. The number of aryl methyl sites for hydroxylation is 1. The van der Waals surface area contributed by atoms with Crippen molar-refractivity contribution in [3.8, 4) is 0 Å². The Hall–Kier alpha value is -1.20. The summed E-state index contributed by atoms with van der Waals surface area (Å²) in [5.41, 5.74) is 1.58. The fourth-order valence-corrected chi connectivity index (χ4v) is 2.97. The van der Waals surface area contributed by atoms with E-state index < -0.39 is 15.6 Å². The van der Waals surface area contributed by atoms with Gasteiger partial charge < -0.3 is 4.74 Å². The van der Waals surface area contributed by atoms with Crippen LogP contribution in [0.3, 0.4) is 0 Å². The lowest BCUT2D eigenvalue weighted by atomic mass is 10.1. The van der Waals surface area contributed by atoms with E-state index in [2.05, 4.69) is 0 Å². The van der Waals surface area contributed by atoms with Crippen LogP contribution in [0.15, 0.2) is 24.3 Å². The quantitative estimate of drug-likeness (QED) is 0.540. The molecule has 0 fully saturated rings. The van der Waals surface area contributed by atoms with Gasteiger partial charge in [0, 0.05) is 19.3 Å². The number of sulfone groups is 1. The fraction of sp³-hybridized carbons (Fsp3) is 0.500. The van der Waals surface area contributed by atoms with Crippen molar-refractivity contribution in [1.29, 1.82) is 0 Å². The van der Waals surface area contributed by atoms with Crippen LogP contribution >= 0.6 is 0 Å². The molecule has 19 heavy (non-hydrogen) atoms. The third-order valence-electron chi connectivity index (χ3n) is 2.84. The highest BCUT2D eigenvalue weighted by Crippen LogP contribution is 2.08. The molecule has 0 radical (unpaired) electrons. The summed E-state index contributed by atoms with van der Waals surface area (Å²) in [6.07, 6.45) is 1.31. The number of carbonyl (C=O) groups is 1. The highest BCUT2D eigenvalue weighted by molar-refractivity contribution is 7.92. The molecular formula is C14H20O4S. The number of ether oxygens (including phenoxy) is 1. The van der Waals surface area contributed by atoms with E-state index in [1.54, 1.807) is 12.1 Å². The summed E-state index contributed by atoms with van der Waals surface area (Å²) < 4.78 is 28.3. The van der Waals surface area contributed by atoms with Gasteiger partial charge in [0.1, 0.15) is 5.75 Å². The minimum atomic E-state index is -3.35. The predicted octanol–water partition coefficient (Wildman–Crippen LogP) is 1.88. The Kier molecular flexibility index (Phi) is 6.18. The van der Waals surface area contributed by atoms with Crippen LogP contribution in [0.25, 0.3) is 0 Å². The van der Waals surface area contributed by atoms with Crippen molar-refractivity contribution >= 4 is 15.6 Å². The van der Waals surface area contributed by atoms with Crippen molar-refractivity contribution in [2.75, 3.05) is 25.2 Å². The number of hydrogen-bond donors (Lipinski definition) is 0. The van der Waals surface area contributed by atoms with E-state index in [4.69, 9.17) is 4.74 Å². The number of Topliss-reactive ketones (excluding diaryl/α,β-unsaturated/α-hetero) is 1. The molecule has 0 aliphatic heterocycles. The van der Waals surface area contributed by atoms with E-state index in [1.807, 2.05) is 19.1 Å². The number of rotatable bonds is 8. The monoisotopic (exact) mass is 284 g/mol. The van der Waals surface area contributed by atoms with Crippen molar-refractivity contribution in [2.24, 2.45) is 0 Å². The van der Waals surface area contributed by atoms with Crippen molar-refractivity contribution in [3.63, 3.8) is 0 Å². The number of ketones is 1. The van der Waals surface area contributed by atoms with Crippen molar-refractivity contribution in [3.05, 3.63) is 35.4 Å². The molecule has 1 aromatic carbocycles. The van der Waals surface area contributed by atoms with E-state index in [1.165, 1.54) is 7.11 Å². The fourth-order valence-electron chi connectivity index (χ4n) is 1.70. The van der Waals surface area contributed by atoms with Gasteiger partial charge in [-0.15, -0.1) is 0 Å². The Morgan fingerprint density at radius 1 is 1.21 bits per heavy atom. The maximum absolute atomic E-state index is 11.9. The van der Waals surface area contributed by atoms with Gasteiger partial charge in [0.15, 0.2) is 15.6 Å². The summed E-state index contributed by atoms with van der Waals surface area (Å²) in [6, 6.07) is 7.08. The molecule has 0 amide bonds. The first-order valence-electron chi connectivity index (χ1n) is 6.30.